The van der Waals surface area contributed by atoms with Crippen molar-refractivity contribution in [1.82, 2.24) is 10.6 Å². The summed E-state index contributed by atoms with van der Waals surface area (Å²) in [6.45, 7) is 1.93. The number of hydrogen-bond donors (Lipinski definition) is 2. The van der Waals surface area contributed by atoms with Gasteiger partial charge in [0.25, 0.3) is 0 Å². The molecular weight excluding hydrogens is 302 g/mol. The first-order chi connectivity index (χ1) is 11.8. The average molecular weight is 322 g/mol. The third-order valence-electron chi connectivity index (χ3n) is 4.42. The summed E-state index contributed by atoms with van der Waals surface area (Å²) in [6.07, 6.45) is 2.92. The number of carbonyl (C=O) groups excluding carboxylic acids is 1. The first kappa shape index (κ1) is 15.0. The van der Waals surface area contributed by atoms with Crippen molar-refractivity contribution in [3.05, 3.63) is 53.6 Å². The molecule has 1 fully saturated rings. The second-order valence-corrected chi connectivity index (χ2v) is 6.26. The largest absolute Gasteiger partial charge is 0.488 e. The summed E-state index contributed by atoms with van der Waals surface area (Å²) in [5, 5.41) is 10.2. The smallest absolute Gasteiger partial charge is 0.346 e. The van der Waals surface area contributed by atoms with Crippen LogP contribution in [0.5, 0.6) is 5.75 Å². The third kappa shape index (κ3) is 3.21. The average Bonchev–Trinajstić information content (AvgIpc) is 2.97. The van der Waals surface area contributed by atoms with Crippen LogP contribution in [0.25, 0.3) is 0 Å². The second-order valence-electron chi connectivity index (χ2n) is 6.26. The minimum Gasteiger partial charge on any atom is -0.488 e. The van der Waals surface area contributed by atoms with Crippen LogP contribution in [-0.2, 0) is 6.42 Å². The number of ether oxygens (including phenoxy) is 1. The molecule has 2 heterocycles. The van der Waals surface area contributed by atoms with Crippen molar-refractivity contribution in [2.24, 2.45) is 0 Å². The summed E-state index contributed by atoms with van der Waals surface area (Å²) in [6, 6.07) is 14.0. The second kappa shape index (κ2) is 6.53. The van der Waals surface area contributed by atoms with Gasteiger partial charge in [-0.25, -0.2) is 4.79 Å². The summed E-state index contributed by atoms with van der Waals surface area (Å²) < 4.78 is 6.20. The predicted molar refractivity (Wildman–Crippen MR) is 93.0 cm³/mol. The maximum Gasteiger partial charge on any atom is 0.346 e. The van der Waals surface area contributed by atoms with Gasteiger partial charge in [-0.1, -0.05) is 30.3 Å². The first-order valence-electron chi connectivity index (χ1n) is 8.39. The third-order valence-corrected chi connectivity index (χ3v) is 4.42. The quantitative estimate of drug-likeness (QED) is 0.908. The molecule has 1 radical (unpaired) electrons. The van der Waals surface area contributed by atoms with Gasteiger partial charge in [-0.05, 0) is 55.6 Å². The topological polar surface area (TPSA) is 64.5 Å². The van der Waals surface area contributed by atoms with Crippen LogP contribution in [0.3, 0.4) is 0 Å². The van der Waals surface area contributed by atoms with Crippen LogP contribution in [0, 0.1) is 0 Å². The van der Waals surface area contributed by atoms with Gasteiger partial charge in [-0.3, -0.25) is 0 Å². The Morgan fingerprint density at radius 3 is 2.67 bits per heavy atom. The minimum absolute atomic E-state index is 0.174. The number of anilines is 1. The van der Waals surface area contributed by atoms with Crippen molar-refractivity contribution < 1.29 is 9.53 Å². The molecule has 0 saturated carbocycles. The molecule has 0 aromatic heterocycles. The van der Waals surface area contributed by atoms with Crippen molar-refractivity contribution in [2.45, 2.75) is 25.4 Å². The van der Waals surface area contributed by atoms with Gasteiger partial charge in [0.15, 0.2) is 0 Å². The molecule has 24 heavy (non-hydrogen) atoms. The molecule has 0 spiro atoms. The van der Waals surface area contributed by atoms with E-state index >= 15 is 0 Å². The van der Waals surface area contributed by atoms with E-state index < -0.39 is 0 Å². The Balaban J connectivity index is 1.62. The highest BCUT2D eigenvalue weighted by Gasteiger charge is 2.26. The van der Waals surface area contributed by atoms with E-state index in [9.17, 15) is 4.79 Å². The SMILES string of the molecule is O=C1[N]c2c(cc(Cc3ccccc3)cc2OC2CCNCC2)N1. The Hall–Kier alpha value is -2.53. The lowest BCUT2D eigenvalue weighted by atomic mass is 10.0. The van der Waals surface area contributed by atoms with Crippen molar-refractivity contribution >= 4 is 17.4 Å². The number of urea groups is 1. The van der Waals surface area contributed by atoms with Crippen LogP contribution >= 0.6 is 0 Å². The molecule has 0 bridgehead atoms. The van der Waals surface area contributed by atoms with Crippen molar-refractivity contribution in [1.29, 1.82) is 0 Å². The molecule has 2 aliphatic rings. The monoisotopic (exact) mass is 322 g/mol. The van der Waals surface area contributed by atoms with E-state index in [1.807, 2.05) is 30.3 Å². The molecule has 2 N–H and O–H groups in total. The molecule has 2 aromatic rings. The molecule has 2 aliphatic heterocycles. The minimum atomic E-state index is -0.322. The lowest BCUT2D eigenvalue weighted by Gasteiger charge is -2.24. The molecule has 5 nitrogen and oxygen atoms in total. The van der Waals surface area contributed by atoms with Crippen LogP contribution in [0.2, 0.25) is 0 Å². The molecule has 0 aliphatic carbocycles. The molecule has 4 rings (SSSR count). The number of carbonyl (C=O) groups is 1. The van der Waals surface area contributed by atoms with Crippen LogP contribution < -0.4 is 20.7 Å². The van der Waals surface area contributed by atoms with Crippen LogP contribution in [0.15, 0.2) is 42.5 Å². The number of fused-ring (bicyclic) bond motifs is 1. The van der Waals surface area contributed by atoms with E-state index in [-0.39, 0.29) is 12.1 Å². The molecule has 2 aromatic carbocycles. The van der Waals surface area contributed by atoms with Gasteiger partial charge in [0, 0.05) is 0 Å². The fourth-order valence-corrected chi connectivity index (χ4v) is 3.24. The highest BCUT2D eigenvalue weighted by Crippen LogP contribution is 2.39. The number of benzene rings is 2. The summed E-state index contributed by atoms with van der Waals surface area (Å²) in [5.41, 5.74) is 3.72. The Labute approximate surface area is 141 Å². The van der Waals surface area contributed by atoms with E-state index in [1.165, 1.54) is 5.56 Å². The zero-order valence-corrected chi connectivity index (χ0v) is 13.4. The van der Waals surface area contributed by atoms with Crippen LogP contribution in [0.1, 0.15) is 24.0 Å². The van der Waals surface area contributed by atoms with E-state index in [1.54, 1.807) is 0 Å². The van der Waals surface area contributed by atoms with Crippen molar-refractivity contribution in [3.8, 4) is 5.75 Å². The molecule has 2 amide bonds. The van der Waals surface area contributed by atoms with Gasteiger partial charge in [0.1, 0.15) is 17.5 Å². The van der Waals surface area contributed by atoms with Gasteiger partial charge < -0.3 is 15.4 Å². The van der Waals surface area contributed by atoms with Crippen molar-refractivity contribution in [2.75, 3.05) is 18.4 Å². The van der Waals surface area contributed by atoms with Gasteiger partial charge in [0.2, 0.25) is 0 Å². The number of nitrogens with one attached hydrogen (secondary N) is 2. The fraction of sp³-hybridized carbons (Fsp3) is 0.316. The molecule has 0 atom stereocenters. The Bertz CT molecular complexity index is 740. The zero-order valence-electron chi connectivity index (χ0n) is 13.4. The first-order valence-corrected chi connectivity index (χ1v) is 8.39. The van der Waals surface area contributed by atoms with Crippen LogP contribution in [0.4, 0.5) is 16.2 Å². The van der Waals surface area contributed by atoms with Gasteiger partial charge in [-0.2, -0.15) is 5.32 Å². The molecule has 123 valence electrons. The highest BCUT2D eigenvalue weighted by molar-refractivity contribution is 6.04. The lowest BCUT2D eigenvalue weighted by molar-refractivity contribution is 0.163. The van der Waals surface area contributed by atoms with E-state index in [0.717, 1.165) is 43.6 Å². The summed E-state index contributed by atoms with van der Waals surface area (Å²) in [7, 11) is 0. The zero-order chi connectivity index (χ0) is 16.4. The maximum atomic E-state index is 11.7. The van der Waals surface area contributed by atoms with Gasteiger partial charge >= 0.3 is 6.03 Å². The molecule has 1 saturated heterocycles. The van der Waals surface area contributed by atoms with Crippen molar-refractivity contribution in [3.63, 3.8) is 0 Å². The summed E-state index contributed by atoms with van der Waals surface area (Å²) >= 11 is 0. The predicted octanol–water partition coefficient (Wildman–Crippen LogP) is 3.19. The molecular formula is C19H20N3O2. The number of hydrogen-bond acceptors (Lipinski definition) is 3. The fourth-order valence-electron chi connectivity index (χ4n) is 3.24. The number of rotatable bonds is 4. The highest BCUT2D eigenvalue weighted by atomic mass is 16.5. The Kier molecular flexibility index (Phi) is 4.09. The standard InChI is InChI=1S/C19H20N3O2/c23-19-21-16-11-14(10-13-4-2-1-3-5-13)12-17(18(16)22-19)24-15-6-8-20-9-7-15/h1-5,11-12,15,20H,6-10H2,(H,21,23). The number of amides is 2. The van der Waals surface area contributed by atoms with E-state index in [2.05, 4.69) is 28.1 Å². The van der Waals surface area contributed by atoms with Crippen LogP contribution in [-0.4, -0.2) is 25.2 Å². The summed E-state index contributed by atoms with van der Waals surface area (Å²) in [4.78, 5) is 11.7. The van der Waals surface area contributed by atoms with E-state index in [0.29, 0.717) is 11.4 Å². The normalized spacial score (nSPS) is 17.1. The Morgan fingerprint density at radius 2 is 1.88 bits per heavy atom. The number of piperidine rings is 1. The van der Waals surface area contributed by atoms with E-state index in [4.69, 9.17) is 4.74 Å². The Morgan fingerprint density at radius 1 is 1.08 bits per heavy atom. The summed E-state index contributed by atoms with van der Waals surface area (Å²) in [5.74, 6) is 0.712. The maximum absolute atomic E-state index is 11.7. The number of nitrogens with zero attached hydrogens (tertiary/aromatic N) is 1. The molecule has 0 unspecified atom stereocenters. The van der Waals surface area contributed by atoms with Gasteiger partial charge in [0.05, 0.1) is 5.69 Å². The lowest BCUT2D eigenvalue weighted by Crippen LogP contribution is -2.34. The van der Waals surface area contributed by atoms with Gasteiger partial charge in [-0.15, -0.1) is 0 Å². The molecule has 5 heteroatoms.